The minimum absolute atomic E-state index is 0.260. The first-order chi connectivity index (χ1) is 7.13. The van der Waals surface area contributed by atoms with Crippen LogP contribution in [0, 0.1) is 0 Å². The molecule has 0 aliphatic rings. The van der Waals surface area contributed by atoms with Crippen LogP contribution in [0.3, 0.4) is 0 Å². The van der Waals surface area contributed by atoms with Gasteiger partial charge in [-0.25, -0.2) is 4.79 Å². The van der Waals surface area contributed by atoms with Crippen LogP contribution in [0.25, 0.3) is 0 Å². The number of carboxylic acids is 1. The first kappa shape index (κ1) is 11.5. The number of nitrogens with zero attached hydrogens (tertiary/aromatic N) is 2. The molecule has 1 rings (SSSR count). The van der Waals surface area contributed by atoms with Crippen LogP contribution in [0.4, 0.5) is 5.82 Å². The molecule has 1 unspecified atom stereocenters. The summed E-state index contributed by atoms with van der Waals surface area (Å²) in [6.45, 7) is 3.48. The molecule has 0 spiro atoms. The summed E-state index contributed by atoms with van der Waals surface area (Å²) in [6, 6.07) is 2.34. The molecular formula is C9H10ClN3O2. The molecule has 1 aromatic heterocycles. The second-order valence-corrected chi connectivity index (χ2v) is 3.19. The van der Waals surface area contributed by atoms with Gasteiger partial charge in [0.25, 0.3) is 0 Å². The van der Waals surface area contributed by atoms with Crippen LogP contribution in [0.15, 0.2) is 24.8 Å². The number of hydrogen-bond acceptors (Lipinski definition) is 4. The third kappa shape index (κ3) is 3.55. The van der Waals surface area contributed by atoms with Gasteiger partial charge >= 0.3 is 5.97 Å². The van der Waals surface area contributed by atoms with Crippen molar-refractivity contribution >= 4 is 23.4 Å². The van der Waals surface area contributed by atoms with Crippen molar-refractivity contribution in [1.29, 1.82) is 0 Å². The van der Waals surface area contributed by atoms with Gasteiger partial charge < -0.3 is 10.4 Å². The second kappa shape index (κ2) is 5.31. The molecule has 0 amide bonds. The van der Waals surface area contributed by atoms with Crippen molar-refractivity contribution in [3.8, 4) is 0 Å². The minimum Gasteiger partial charge on any atom is -0.480 e. The Hall–Kier alpha value is -1.62. The third-order valence-electron chi connectivity index (χ3n) is 1.65. The van der Waals surface area contributed by atoms with Crippen LogP contribution < -0.4 is 5.32 Å². The number of carboxylic acid groups (broad SMARTS) is 1. The molecule has 6 heteroatoms. The van der Waals surface area contributed by atoms with Crippen molar-refractivity contribution < 1.29 is 9.90 Å². The molecule has 0 aliphatic carbocycles. The maximum atomic E-state index is 10.8. The lowest BCUT2D eigenvalue weighted by Crippen LogP contribution is -2.29. The number of halogens is 1. The normalized spacial score (nSPS) is 11.8. The standard InChI is InChI=1S/C9H10ClN3O2/c1-2-3-6(9(14)15)11-8-5-4-7(10)12-13-8/h2,4-6H,1,3H2,(H,11,13)(H,14,15). The topological polar surface area (TPSA) is 75.1 Å². The highest BCUT2D eigenvalue weighted by Crippen LogP contribution is 2.08. The molecule has 0 aliphatic heterocycles. The smallest absolute Gasteiger partial charge is 0.326 e. The van der Waals surface area contributed by atoms with Gasteiger partial charge in [0.15, 0.2) is 5.15 Å². The van der Waals surface area contributed by atoms with Crippen LogP contribution in [0.2, 0.25) is 5.15 Å². The minimum atomic E-state index is -0.966. The van der Waals surface area contributed by atoms with Gasteiger partial charge in [-0.1, -0.05) is 17.7 Å². The van der Waals surface area contributed by atoms with E-state index in [0.717, 1.165) is 0 Å². The highest BCUT2D eigenvalue weighted by molar-refractivity contribution is 6.29. The molecule has 1 heterocycles. The lowest BCUT2D eigenvalue weighted by molar-refractivity contribution is -0.137. The maximum absolute atomic E-state index is 10.8. The van der Waals surface area contributed by atoms with Gasteiger partial charge in [-0.05, 0) is 18.6 Å². The monoisotopic (exact) mass is 227 g/mol. The first-order valence-electron chi connectivity index (χ1n) is 4.23. The Balaban J connectivity index is 2.69. The van der Waals surface area contributed by atoms with Crippen molar-refractivity contribution in [3.05, 3.63) is 29.9 Å². The highest BCUT2D eigenvalue weighted by Gasteiger charge is 2.15. The van der Waals surface area contributed by atoms with E-state index in [-0.39, 0.29) is 5.15 Å². The van der Waals surface area contributed by atoms with Crippen LogP contribution in [-0.2, 0) is 4.79 Å². The van der Waals surface area contributed by atoms with E-state index in [2.05, 4.69) is 22.1 Å². The zero-order chi connectivity index (χ0) is 11.3. The summed E-state index contributed by atoms with van der Waals surface area (Å²) in [5.41, 5.74) is 0. The van der Waals surface area contributed by atoms with Crippen molar-refractivity contribution in [2.75, 3.05) is 5.32 Å². The molecule has 0 bridgehead atoms. The summed E-state index contributed by atoms with van der Waals surface area (Å²) in [7, 11) is 0. The Morgan fingerprint density at radius 2 is 2.40 bits per heavy atom. The summed E-state index contributed by atoms with van der Waals surface area (Å²) in [4.78, 5) is 10.8. The number of aromatic nitrogens is 2. The number of anilines is 1. The number of nitrogens with one attached hydrogen (secondary N) is 1. The fourth-order valence-electron chi connectivity index (χ4n) is 0.960. The van der Waals surface area contributed by atoms with Gasteiger partial charge in [0.2, 0.25) is 0 Å². The molecule has 0 aromatic carbocycles. The Morgan fingerprint density at radius 3 is 2.87 bits per heavy atom. The molecule has 1 aromatic rings. The molecule has 0 fully saturated rings. The molecule has 1 atom stereocenters. The van der Waals surface area contributed by atoms with Crippen LogP contribution >= 0.6 is 11.6 Å². The summed E-state index contributed by atoms with van der Waals surface area (Å²) in [5, 5.41) is 19.1. The number of rotatable bonds is 5. The predicted octanol–water partition coefficient (Wildman–Crippen LogP) is 1.57. The van der Waals surface area contributed by atoms with E-state index in [0.29, 0.717) is 12.2 Å². The molecule has 0 saturated heterocycles. The molecule has 15 heavy (non-hydrogen) atoms. The lowest BCUT2D eigenvalue weighted by Gasteiger charge is -2.12. The van der Waals surface area contributed by atoms with E-state index < -0.39 is 12.0 Å². The molecule has 80 valence electrons. The van der Waals surface area contributed by atoms with Gasteiger partial charge in [-0.3, -0.25) is 0 Å². The Morgan fingerprint density at radius 1 is 1.67 bits per heavy atom. The van der Waals surface area contributed by atoms with Gasteiger partial charge in [0.1, 0.15) is 11.9 Å². The zero-order valence-electron chi connectivity index (χ0n) is 7.85. The van der Waals surface area contributed by atoms with E-state index in [1.807, 2.05) is 0 Å². The highest BCUT2D eigenvalue weighted by atomic mass is 35.5. The van der Waals surface area contributed by atoms with E-state index in [1.165, 1.54) is 12.1 Å². The number of hydrogen-bond donors (Lipinski definition) is 2. The Kier molecular flexibility index (Phi) is 4.05. The fraction of sp³-hybridized carbons (Fsp3) is 0.222. The zero-order valence-corrected chi connectivity index (χ0v) is 8.61. The molecule has 5 nitrogen and oxygen atoms in total. The number of carbonyl (C=O) groups is 1. The van der Waals surface area contributed by atoms with E-state index in [9.17, 15) is 4.79 Å². The molecule has 0 radical (unpaired) electrons. The summed E-state index contributed by atoms with van der Waals surface area (Å²) in [6.07, 6.45) is 1.83. The second-order valence-electron chi connectivity index (χ2n) is 2.80. The van der Waals surface area contributed by atoms with E-state index in [1.54, 1.807) is 6.07 Å². The van der Waals surface area contributed by atoms with Crippen LogP contribution in [0.5, 0.6) is 0 Å². The van der Waals surface area contributed by atoms with E-state index >= 15 is 0 Å². The molecular weight excluding hydrogens is 218 g/mol. The Bertz CT molecular complexity index is 353. The SMILES string of the molecule is C=CCC(Nc1ccc(Cl)nn1)C(=O)O. The lowest BCUT2D eigenvalue weighted by atomic mass is 10.2. The van der Waals surface area contributed by atoms with Crippen molar-refractivity contribution in [3.63, 3.8) is 0 Å². The van der Waals surface area contributed by atoms with Gasteiger partial charge in [-0.2, -0.15) is 0 Å². The predicted molar refractivity (Wildman–Crippen MR) is 56.9 cm³/mol. The summed E-state index contributed by atoms with van der Waals surface area (Å²) < 4.78 is 0. The quantitative estimate of drug-likeness (QED) is 0.747. The number of aliphatic carboxylic acids is 1. The average molecular weight is 228 g/mol. The molecule has 2 N–H and O–H groups in total. The maximum Gasteiger partial charge on any atom is 0.326 e. The van der Waals surface area contributed by atoms with E-state index in [4.69, 9.17) is 16.7 Å². The third-order valence-corrected chi connectivity index (χ3v) is 1.86. The fourth-order valence-corrected chi connectivity index (χ4v) is 1.06. The summed E-state index contributed by atoms with van der Waals surface area (Å²) >= 11 is 5.54. The average Bonchev–Trinajstić information content (AvgIpc) is 2.20. The molecule has 0 saturated carbocycles. The van der Waals surface area contributed by atoms with Gasteiger partial charge in [0, 0.05) is 0 Å². The van der Waals surface area contributed by atoms with Crippen molar-refractivity contribution in [2.45, 2.75) is 12.5 Å². The largest absolute Gasteiger partial charge is 0.480 e. The van der Waals surface area contributed by atoms with Crippen molar-refractivity contribution in [1.82, 2.24) is 10.2 Å². The van der Waals surface area contributed by atoms with Gasteiger partial charge in [0.05, 0.1) is 0 Å². The Labute approximate surface area is 91.8 Å². The van der Waals surface area contributed by atoms with Crippen molar-refractivity contribution in [2.24, 2.45) is 0 Å². The van der Waals surface area contributed by atoms with Crippen LogP contribution in [0.1, 0.15) is 6.42 Å². The first-order valence-corrected chi connectivity index (χ1v) is 4.60. The van der Waals surface area contributed by atoms with Crippen LogP contribution in [-0.4, -0.2) is 27.3 Å². The summed E-state index contributed by atoms with van der Waals surface area (Å²) in [5.74, 6) is -0.597. The van der Waals surface area contributed by atoms with Gasteiger partial charge in [-0.15, -0.1) is 16.8 Å².